The van der Waals surface area contributed by atoms with Gasteiger partial charge in [0.2, 0.25) is 11.7 Å². The second kappa shape index (κ2) is 8.69. The van der Waals surface area contributed by atoms with E-state index in [0.717, 1.165) is 6.92 Å². The van der Waals surface area contributed by atoms with Crippen LogP contribution >= 0.6 is 11.6 Å². The summed E-state index contributed by atoms with van der Waals surface area (Å²) < 4.78 is 47.4. The van der Waals surface area contributed by atoms with Crippen molar-refractivity contribution in [1.29, 1.82) is 0 Å². The number of piperidine rings is 1. The van der Waals surface area contributed by atoms with Gasteiger partial charge in [0.1, 0.15) is 5.82 Å². The summed E-state index contributed by atoms with van der Waals surface area (Å²) in [5, 5.41) is 6.81. The minimum atomic E-state index is -2.90. The number of hydrogen-bond acceptors (Lipinski definition) is 6. The lowest BCUT2D eigenvalue weighted by Crippen LogP contribution is -2.47. The monoisotopic (exact) mass is 481 g/mol. The van der Waals surface area contributed by atoms with Crippen LogP contribution in [0.4, 0.5) is 13.2 Å². The zero-order valence-electron chi connectivity index (χ0n) is 18.1. The van der Waals surface area contributed by atoms with Gasteiger partial charge in [-0.05, 0) is 12.1 Å². The van der Waals surface area contributed by atoms with Gasteiger partial charge in [-0.15, -0.1) is 0 Å². The fourth-order valence-corrected chi connectivity index (χ4v) is 4.02. The lowest BCUT2D eigenvalue weighted by molar-refractivity contribution is 0.0609. The number of pyridine rings is 1. The molecule has 2 aliphatic rings. The molecular weight excluding hydrogens is 459 g/mol. The Labute approximate surface area is 193 Å². The standard InChI is InChI=1S/C21H23ClF3N7O/c1-12-29-18(31-33-12)13-9-15(22)17(28-10-13)21(25)5-7-32(8-6-21)19(26)30-16-4-3-14(11-27-16)20(2,23)24/h3-4,9-10,27H,5-8,11H2,1-2H3,(H2,26,30). The molecule has 33 heavy (non-hydrogen) atoms. The number of nitrogens with one attached hydrogen (secondary N) is 1. The molecule has 0 radical (unpaired) electrons. The van der Waals surface area contributed by atoms with Gasteiger partial charge in [0.15, 0.2) is 11.6 Å². The van der Waals surface area contributed by atoms with Gasteiger partial charge in [-0.2, -0.15) is 9.98 Å². The highest BCUT2D eigenvalue weighted by atomic mass is 35.5. The number of allylic oxidation sites excluding steroid dienone is 2. The van der Waals surface area contributed by atoms with Crippen LogP contribution < -0.4 is 11.1 Å². The molecule has 2 aromatic heterocycles. The SMILES string of the molecule is Cc1nc(-c2cnc(C3(F)CCN(/C(N)=N/C4=CC=C(C(C)(F)F)CN4)CC3)c(Cl)c2)no1. The minimum Gasteiger partial charge on any atom is -0.369 e. The van der Waals surface area contributed by atoms with E-state index in [9.17, 15) is 8.78 Å². The molecule has 8 nitrogen and oxygen atoms in total. The third-order valence-corrected chi connectivity index (χ3v) is 5.92. The Balaban J connectivity index is 1.43. The summed E-state index contributed by atoms with van der Waals surface area (Å²) in [5.74, 6) is -1.62. The Morgan fingerprint density at radius 2 is 2.06 bits per heavy atom. The highest BCUT2D eigenvalue weighted by Crippen LogP contribution is 2.40. The van der Waals surface area contributed by atoms with Crippen molar-refractivity contribution in [2.75, 3.05) is 19.6 Å². The lowest BCUT2D eigenvalue weighted by atomic mass is 9.89. The number of halogens is 4. The van der Waals surface area contributed by atoms with Gasteiger partial charge in [0.05, 0.1) is 10.7 Å². The molecule has 0 aliphatic carbocycles. The van der Waals surface area contributed by atoms with Gasteiger partial charge in [-0.25, -0.2) is 13.2 Å². The van der Waals surface area contributed by atoms with Gasteiger partial charge in [0, 0.05) is 63.7 Å². The topological polar surface area (TPSA) is 105 Å². The average molecular weight is 482 g/mol. The molecular formula is C21H23ClF3N7O. The van der Waals surface area contributed by atoms with E-state index in [1.54, 1.807) is 17.9 Å². The summed E-state index contributed by atoms with van der Waals surface area (Å²) in [6.07, 6.45) is 4.46. The van der Waals surface area contributed by atoms with Crippen LogP contribution in [0.25, 0.3) is 11.4 Å². The smallest absolute Gasteiger partial charge is 0.268 e. The van der Waals surface area contributed by atoms with E-state index in [4.69, 9.17) is 21.9 Å². The van der Waals surface area contributed by atoms with Crippen molar-refractivity contribution in [1.82, 2.24) is 25.3 Å². The maximum Gasteiger partial charge on any atom is 0.268 e. The number of nitrogens with zero attached hydrogens (tertiary/aromatic N) is 5. The zero-order valence-corrected chi connectivity index (χ0v) is 18.8. The second-order valence-electron chi connectivity index (χ2n) is 8.10. The first-order valence-corrected chi connectivity index (χ1v) is 10.7. The molecule has 3 N–H and O–H groups in total. The molecule has 2 aliphatic heterocycles. The molecule has 176 valence electrons. The largest absolute Gasteiger partial charge is 0.369 e. The first-order valence-electron chi connectivity index (χ1n) is 10.3. The molecule has 1 fully saturated rings. The third kappa shape index (κ3) is 4.97. The number of hydrogen-bond donors (Lipinski definition) is 2. The van der Waals surface area contributed by atoms with Gasteiger partial charge in [-0.3, -0.25) is 4.98 Å². The molecule has 0 aromatic carbocycles. The van der Waals surface area contributed by atoms with Crippen molar-refractivity contribution in [2.45, 2.75) is 38.3 Å². The molecule has 0 amide bonds. The van der Waals surface area contributed by atoms with Crippen LogP contribution in [0.2, 0.25) is 5.02 Å². The molecule has 2 aromatic rings. The minimum absolute atomic E-state index is 0.0245. The van der Waals surface area contributed by atoms with Crippen LogP contribution in [0.1, 0.15) is 31.4 Å². The van der Waals surface area contributed by atoms with E-state index >= 15 is 4.39 Å². The molecule has 0 saturated carbocycles. The maximum atomic E-state index is 15.7. The fraction of sp³-hybridized carbons (Fsp3) is 0.429. The predicted octanol–water partition coefficient (Wildman–Crippen LogP) is 3.69. The predicted molar refractivity (Wildman–Crippen MR) is 117 cm³/mol. The molecule has 1 saturated heterocycles. The number of nitrogens with two attached hydrogens (primary N) is 1. The second-order valence-corrected chi connectivity index (χ2v) is 8.51. The van der Waals surface area contributed by atoms with Crippen molar-refractivity contribution >= 4 is 17.6 Å². The molecule has 0 unspecified atom stereocenters. The summed E-state index contributed by atoms with van der Waals surface area (Å²) in [6, 6.07) is 1.57. The Morgan fingerprint density at radius 1 is 1.33 bits per heavy atom. The van der Waals surface area contributed by atoms with Crippen molar-refractivity contribution in [3.63, 3.8) is 0 Å². The third-order valence-electron chi connectivity index (χ3n) is 5.63. The Kier molecular flexibility index (Phi) is 6.08. The number of guanidine groups is 1. The molecule has 4 rings (SSSR count). The van der Waals surface area contributed by atoms with Gasteiger partial charge in [0.25, 0.3) is 5.92 Å². The maximum absolute atomic E-state index is 15.7. The van der Waals surface area contributed by atoms with Crippen molar-refractivity contribution < 1.29 is 17.7 Å². The summed E-state index contributed by atoms with van der Waals surface area (Å²) in [6.45, 7) is 3.06. The van der Waals surface area contributed by atoms with Crippen LogP contribution in [0.3, 0.4) is 0 Å². The van der Waals surface area contributed by atoms with Crippen LogP contribution in [0.5, 0.6) is 0 Å². The normalized spacial score (nSPS) is 19.1. The van der Waals surface area contributed by atoms with Gasteiger partial charge < -0.3 is 20.5 Å². The molecule has 4 heterocycles. The van der Waals surface area contributed by atoms with E-state index in [2.05, 4.69) is 25.4 Å². The quantitative estimate of drug-likeness (QED) is 0.506. The highest BCUT2D eigenvalue weighted by molar-refractivity contribution is 6.31. The first-order chi connectivity index (χ1) is 15.5. The summed E-state index contributed by atoms with van der Waals surface area (Å²) in [5.41, 5.74) is 5.00. The lowest BCUT2D eigenvalue weighted by Gasteiger charge is -2.37. The number of dihydropyridines is 1. The van der Waals surface area contributed by atoms with Gasteiger partial charge in [-0.1, -0.05) is 22.8 Å². The van der Waals surface area contributed by atoms with E-state index in [1.807, 2.05) is 0 Å². The van der Waals surface area contributed by atoms with Crippen molar-refractivity contribution in [3.8, 4) is 11.4 Å². The first kappa shape index (κ1) is 23.1. The summed E-state index contributed by atoms with van der Waals surface area (Å²) in [4.78, 5) is 14.4. The summed E-state index contributed by atoms with van der Waals surface area (Å²) in [7, 11) is 0. The number of aromatic nitrogens is 3. The fourth-order valence-electron chi connectivity index (χ4n) is 3.69. The van der Waals surface area contributed by atoms with E-state index in [-0.39, 0.29) is 54.7 Å². The molecule has 0 spiro atoms. The van der Waals surface area contributed by atoms with E-state index in [1.165, 1.54) is 18.3 Å². The Hall–Kier alpha value is -3.08. The number of aryl methyl sites for hydroxylation is 1. The van der Waals surface area contributed by atoms with E-state index < -0.39 is 11.6 Å². The highest BCUT2D eigenvalue weighted by Gasteiger charge is 2.40. The van der Waals surface area contributed by atoms with Crippen LogP contribution in [0.15, 0.2) is 45.3 Å². The van der Waals surface area contributed by atoms with Crippen molar-refractivity contribution in [2.24, 2.45) is 10.7 Å². The zero-order chi connectivity index (χ0) is 23.8. The average Bonchev–Trinajstić information content (AvgIpc) is 3.20. The Morgan fingerprint density at radius 3 is 2.61 bits per heavy atom. The Bertz CT molecular complexity index is 1130. The molecule has 12 heteroatoms. The number of rotatable bonds is 4. The van der Waals surface area contributed by atoms with Crippen molar-refractivity contribution in [3.05, 3.63) is 52.4 Å². The number of likely N-dealkylation sites (tertiary alicyclic amines) is 1. The van der Waals surface area contributed by atoms with Crippen LogP contribution in [0, 0.1) is 6.92 Å². The van der Waals surface area contributed by atoms with Crippen LogP contribution in [-0.2, 0) is 5.67 Å². The molecule has 0 atom stereocenters. The van der Waals surface area contributed by atoms with E-state index in [0.29, 0.717) is 23.1 Å². The number of alkyl halides is 3. The summed E-state index contributed by atoms with van der Waals surface area (Å²) >= 11 is 6.36. The van der Waals surface area contributed by atoms with Crippen LogP contribution in [-0.4, -0.2) is 51.5 Å². The molecule has 0 bridgehead atoms. The number of aliphatic imine (C=N–C) groups is 1. The van der Waals surface area contributed by atoms with Gasteiger partial charge >= 0.3 is 0 Å².